The van der Waals surface area contributed by atoms with E-state index >= 15 is 0 Å². The normalized spacial score (nSPS) is 11.9. The summed E-state index contributed by atoms with van der Waals surface area (Å²) in [6.45, 7) is 4.31. The zero-order chi connectivity index (χ0) is 15.0. The summed E-state index contributed by atoms with van der Waals surface area (Å²) in [7, 11) is 0. The summed E-state index contributed by atoms with van der Waals surface area (Å²) in [5, 5.41) is 3.11. The number of rotatable bonds is 8. The van der Waals surface area contributed by atoms with Crippen LogP contribution in [-0.4, -0.2) is 16.9 Å². The van der Waals surface area contributed by atoms with E-state index in [0.717, 1.165) is 37.7 Å². The highest BCUT2D eigenvalue weighted by atomic mass is 32.1. The lowest BCUT2D eigenvalue weighted by molar-refractivity contribution is 0.0932. The highest BCUT2D eigenvalue weighted by molar-refractivity contribution is 7.80. The van der Waals surface area contributed by atoms with Crippen molar-refractivity contribution in [1.29, 1.82) is 0 Å². The number of nitrogens with two attached hydrogens (primary N) is 1. The number of hydrogen-bond acceptors (Lipinski definition) is 2. The summed E-state index contributed by atoms with van der Waals surface area (Å²) in [6.07, 6.45) is 5.44. The van der Waals surface area contributed by atoms with Crippen molar-refractivity contribution in [3.8, 4) is 0 Å². The summed E-state index contributed by atoms with van der Waals surface area (Å²) in [4.78, 5) is 12.5. The molecule has 1 aromatic carbocycles. The number of benzene rings is 1. The highest BCUT2D eigenvalue weighted by Crippen LogP contribution is 2.09. The average molecular weight is 292 g/mol. The molecule has 0 spiro atoms. The lowest BCUT2D eigenvalue weighted by Gasteiger charge is -2.18. The van der Waals surface area contributed by atoms with Crippen molar-refractivity contribution in [2.24, 2.45) is 5.73 Å². The molecule has 0 aliphatic carbocycles. The Morgan fingerprint density at radius 3 is 2.25 bits per heavy atom. The SMILES string of the molecule is CCCCC(CCC)NC(=O)c1ccc(C(N)=S)cc1. The molecule has 0 fully saturated rings. The van der Waals surface area contributed by atoms with Gasteiger partial charge in [0.05, 0.1) is 0 Å². The smallest absolute Gasteiger partial charge is 0.251 e. The Labute approximate surface area is 126 Å². The lowest BCUT2D eigenvalue weighted by Crippen LogP contribution is -2.34. The minimum Gasteiger partial charge on any atom is -0.389 e. The first-order valence-corrected chi connectivity index (χ1v) is 7.70. The van der Waals surface area contributed by atoms with Gasteiger partial charge in [-0.15, -0.1) is 0 Å². The average Bonchev–Trinajstić information content (AvgIpc) is 2.45. The van der Waals surface area contributed by atoms with E-state index in [1.165, 1.54) is 0 Å². The van der Waals surface area contributed by atoms with Crippen molar-refractivity contribution in [2.75, 3.05) is 0 Å². The Kier molecular flexibility index (Phi) is 7.23. The van der Waals surface area contributed by atoms with Crippen LogP contribution in [0.2, 0.25) is 0 Å². The third-order valence-corrected chi connectivity index (χ3v) is 3.55. The van der Waals surface area contributed by atoms with Crippen LogP contribution in [-0.2, 0) is 0 Å². The van der Waals surface area contributed by atoms with E-state index in [1.807, 2.05) is 0 Å². The van der Waals surface area contributed by atoms with Gasteiger partial charge in [-0.1, -0.05) is 57.5 Å². The topological polar surface area (TPSA) is 55.1 Å². The molecule has 1 atom stereocenters. The van der Waals surface area contributed by atoms with Crippen molar-refractivity contribution in [2.45, 2.75) is 52.0 Å². The van der Waals surface area contributed by atoms with E-state index in [4.69, 9.17) is 18.0 Å². The fourth-order valence-electron chi connectivity index (χ4n) is 2.14. The van der Waals surface area contributed by atoms with Crippen LogP contribution in [0.3, 0.4) is 0 Å². The summed E-state index contributed by atoms with van der Waals surface area (Å²) in [6, 6.07) is 7.39. The Morgan fingerprint density at radius 1 is 1.15 bits per heavy atom. The van der Waals surface area contributed by atoms with Gasteiger partial charge < -0.3 is 11.1 Å². The first-order valence-electron chi connectivity index (χ1n) is 7.29. The predicted molar refractivity (Wildman–Crippen MR) is 88.0 cm³/mol. The summed E-state index contributed by atoms with van der Waals surface area (Å²) in [5.41, 5.74) is 6.99. The highest BCUT2D eigenvalue weighted by Gasteiger charge is 2.12. The molecule has 1 aromatic rings. The molecule has 0 aliphatic rings. The largest absolute Gasteiger partial charge is 0.389 e. The minimum atomic E-state index is -0.0194. The molecule has 3 N–H and O–H groups in total. The van der Waals surface area contributed by atoms with Gasteiger partial charge in [0.1, 0.15) is 4.99 Å². The summed E-state index contributed by atoms with van der Waals surface area (Å²) < 4.78 is 0. The van der Waals surface area contributed by atoms with Gasteiger partial charge in [-0.3, -0.25) is 4.79 Å². The molecular formula is C16H24N2OS. The van der Waals surface area contributed by atoms with E-state index in [-0.39, 0.29) is 11.9 Å². The Bertz CT molecular complexity index is 442. The second-order valence-electron chi connectivity index (χ2n) is 5.04. The molecule has 0 saturated carbocycles. The van der Waals surface area contributed by atoms with Crippen LogP contribution < -0.4 is 11.1 Å². The molecule has 1 unspecified atom stereocenters. The molecule has 0 saturated heterocycles. The van der Waals surface area contributed by atoms with Crippen molar-refractivity contribution >= 4 is 23.1 Å². The molecule has 110 valence electrons. The quantitative estimate of drug-likeness (QED) is 0.722. The molecule has 20 heavy (non-hydrogen) atoms. The molecule has 0 radical (unpaired) electrons. The van der Waals surface area contributed by atoms with Gasteiger partial charge >= 0.3 is 0 Å². The molecule has 0 heterocycles. The number of nitrogens with one attached hydrogen (secondary N) is 1. The maximum Gasteiger partial charge on any atom is 0.251 e. The molecule has 1 amide bonds. The van der Waals surface area contributed by atoms with Gasteiger partial charge in [0.15, 0.2) is 0 Å². The Balaban J connectivity index is 2.65. The van der Waals surface area contributed by atoms with Gasteiger partial charge in [-0.2, -0.15) is 0 Å². The van der Waals surface area contributed by atoms with E-state index in [2.05, 4.69) is 19.2 Å². The fraction of sp³-hybridized carbons (Fsp3) is 0.500. The van der Waals surface area contributed by atoms with Crippen LogP contribution in [0.25, 0.3) is 0 Å². The lowest BCUT2D eigenvalue weighted by atomic mass is 10.0. The number of carbonyl (C=O) groups is 1. The number of hydrogen-bond donors (Lipinski definition) is 2. The van der Waals surface area contributed by atoms with Gasteiger partial charge in [0, 0.05) is 17.2 Å². The molecule has 0 aliphatic heterocycles. The molecule has 1 rings (SSSR count). The second-order valence-corrected chi connectivity index (χ2v) is 5.48. The van der Waals surface area contributed by atoms with E-state index in [1.54, 1.807) is 24.3 Å². The van der Waals surface area contributed by atoms with E-state index in [9.17, 15) is 4.79 Å². The Hall–Kier alpha value is -1.42. The number of unbranched alkanes of at least 4 members (excludes halogenated alkanes) is 1. The molecule has 0 aromatic heterocycles. The van der Waals surface area contributed by atoms with E-state index in [0.29, 0.717) is 10.6 Å². The monoisotopic (exact) mass is 292 g/mol. The van der Waals surface area contributed by atoms with Crippen molar-refractivity contribution in [1.82, 2.24) is 5.32 Å². The molecule has 0 bridgehead atoms. The van der Waals surface area contributed by atoms with Crippen LogP contribution in [0, 0.1) is 0 Å². The first-order chi connectivity index (χ1) is 9.58. The van der Waals surface area contributed by atoms with Crippen molar-refractivity contribution in [3.05, 3.63) is 35.4 Å². The zero-order valence-corrected chi connectivity index (χ0v) is 13.1. The standard InChI is InChI=1S/C16H24N2OS/c1-3-5-7-14(6-4-2)18-16(19)13-10-8-12(9-11-13)15(17)20/h8-11,14H,3-7H2,1-2H3,(H2,17,20)(H,18,19). The van der Waals surface area contributed by atoms with Crippen LogP contribution in [0.1, 0.15) is 61.9 Å². The third kappa shape index (κ3) is 5.29. The first kappa shape index (κ1) is 16.6. The maximum atomic E-state index is 12.2. The fourth-order valence-corrected chi connectivity index (χ4v) is 2.28. The molecule has 3 nitrogen and oxygen atoms in total. The number of carbonyl (C=O) groups excluding carboxylic acids is 1. The van der Waals surface area contributed by atoms with Gasteiger partial charge in [0.2, 0.25) is 0 Å². The van der Waals surface area contributed by atoms with Gasteiger partial charge in [0.25, 0.3) is 5.91 Å². The van der Waals surface area contributed by atoms with Crippen molar-refractivity contribution in [3.63, 3.8) is 0 Å². The van der Waals surface area contributed by atoms with Gasteiger partial charge in [-0.25, -0.2) is 0 Å². The number of thiocarbonyl (C=S) groups is 1. The molecule has 4 heteroatoms. The van der Waals surface area contributed by atoms with E-state index < -0.39 is 0 Å². The minimum absolute atomic E-state index is 0.0194. The number of amides is 1. The molecular weight excluding hydrogens is 268 g/mol. The third-order valence-electron chi connectivity index (χ3n) is 3.31. The van der Waals surface area contributed by atoms with Crippen LogP contribution in [0.4, 0.5) is 0 Å². The van der Waals surface area contributed by atoms with Gasteiger partial charge in [-0.05, 0) is 25.0 Å². The second kappa shape index (κ2) is 8.69. The zero-order valence-electron chi connectivity index (χ0n) is 12.3. The van der Waals surface area contributed by atoms with Crippen LogP contribution in [0.15, 0.2) is 24.3 Å². The maximum absolute atomic E-state index is 12.2. The predicted octanol–water partition coefficient (Wildman–Crippen LogP) is 3.41. The van der Waals surface area contributed by atoms with Crippen LogP contribution >= 0.6 is 12.2 Å². The Morgan fingerprint density at radius 2 is 1.75 bits per heavy atom. The van der Waals surface area contributed by atoms with Crippen molar-refractivity contribution < 1.29 is 4.79 Å². The van der Waals surface area contributed by atoms with Crippen LogP contribution in [0.5, 0.6) is 0 Å². The summed E-state index contributed by atoms with van der Waals surface area (Å²) >= 11 is 4.90. The summed E-state index contributed by atoms with van der Waals surface area (Å²) in [5.74, 6) is -0.0194.